The van der Waals surface area contributed by atoms with Crippen LogP contribution in [0.1, 0.15) is 23.6 Å². The topological polar surface area (TPSA) is 46.2 Å². The highest BCUT2D eigenvalue weighted by Crippen LogP contribution is 2.36. The molecule has 7 heteroatoms. The van der Waals surface area contributed by atoms with Gasteiger partial charge in [0.1, 0.15) is 0 Å². The molecule has 1 aromatic carbocycles. The van der Waals surface area contributed by atoms with Gasteiger partial charge in [-0.25, -0.2) is 0 Å². The van der Waals surface area contributed by atoms with Gasteiger partial charge in [-0.15, -0.1) is 12.4 Å². The molecule has 0 aliphatic rings. The van der Waals surface area contributed by atoms with Crippen molar-refractivity contribution in [1.29, 1.82) is 0 Å². The number of nitrogens with two attached hydrogens (primary N) is 1. The van der Waals surface area contributed by atoms with E-state index in [-0.39, 0.29) is 36.0 Å². The Kier molecular flexibility index (Phi) is 6.26. The van der Waals surface area contributed by atoms with Gasteiger partial charge in [0.25, 0.3) is 0 Å². The number of halogens is 5. The van der Waals surface area contributed by atoms with E-state index < -0.39 is 17.8 Å². The number of hydrogen-bond acceptors (Lipinski definition) is 2. The number of hydrogen-bond donors (Lipinski definition) is 2. The minimum atomic E-state index is -4.49. The molecule has 0 fully saturated rings. The summed E-state index contributed by atoms with van der Waals surface area (Å²) in [4.78, 5) is 0. The number of aliphatic hydroxyl groups is 1. The summed E-state index contributed by atoms with van der Waals surface area (Å²) in [7, 11) is 0. The Bertz CT molecular complexity index is 371. The average Bonchev–Trinajstić information content (AvgIpc) is 2.16. The Morgan fingerprint density at radius 2 is 1.94 bits per heavy atom. The molecule has 98 valence electrons. The van der Waals surface area contributed by atoms with Gasteiger partial charge in [0.2, 0.25) is 0 Å². The molecule has 0 aliphatic heterocycles. The third-order valence-electron chi connectivity index (χ3n) is 2.16. The fraction of sp³-hybridized carbons (Fsp3) is 0.400. The van der Waals surface area contributed by atoms with Crippen molar-refractivity contribution in [3.63, 3.8) is 0 Å². The molecular weight excluding hydrogens is 278 g/mol. The van der Waals surface area contributed by atoms with Crippen molar-refractivity contribution < 1.29 is 18.3 Å². The minimum Gasteiger partial charge on any atom is -0.396 e. The molecule has 0 spiro atoms. The standard InChI is InChI=1S/C10H11ClF3NO.ClH/c11-6-1-2-7(9(15)3-4-16)8(5-6)10(12,13)14;/h1-2,5,9,16H,3-4,15H2;1H/t9-;/m1./s1. The van der Waals surface area contributed by atoms with E-state index in [2.05, 4.69) is 0 Å². The molecule has 1 aromatic rings. The van der Waals surface area contributed by atoms with Crippen LogP contribution in [0.5, 0.6) is 0 Å². The van der Waals surface area contributed by atoms with Crippen molar-refractivity contribution in [1.82, 2.24) is 0 Å². The zero-order chi connectivity index (χ0) is 12.3. The SMILES string of the molecule is Cl.N[C@H](CCO)c1ccc(Cl)cc1C(F)(F)F. The smallest absolute Gasteiger partial charge is 0.396 e. The van der Waals surface area contributed by atoms with Crippen molar-refractivity contribution >= 4 is 24.0 Å². The summed E-state index contributed by atoms with van der Waals surface area (Å²) in [5.74, 6) is 0. The summed E-state index contributed by atoms with van der Waals surface area (Å²) >= 11 is 5.51. The van der Waals surface area contributed by atoms with Crippen molar-refractivity contribution in [2.45, 2.75) is 18.6 Å². The maximum atomic E-state index is 12.7. The first-order valence-electron chi connectivity index (χ1n) is 4.59. The van der Waals surface area contributed by atoms with Crippen LogP contribution >= 0.6 is 24.0 Å². The molecule has 0 unspecified atom stereocenters. The van der Waals surface area contributed by atoms with Crippen molar-refractivity contribution in [2.24, 2.45) is 5.73 Å². The Morgan fingerprint density at radius 3 is 2.41 bits per heavy atom. The van der Waals surface area contributed by atoms with Crippen LogP contribution in [-0.4, -0.2) is 11.7 Å². The minimum absolute atomic E-state index is 0. The zero-order valence-corrected chi connectivity index (χ0v) is 10.2. The van der Waals surface area contributed by atoms with Gasteiger partial charge < -0.3 is 10.8 Å². The molecule has 0 saturated carbocycles. The molecule has 0 heterocycles. The maximum Gasteiger partial charge on any atom is 0.416 e. The van der Waals surface area contributed by atoms with Gasteiger partial charge in [-0.3, -0.25) is 0 Å². The summed E-state index contributed by atoms with van der Waals surface area (Å²) in [6.07, 6.45) is -4.42. The summed E-state index contributed by atoms with van der Waals surface area (Å²) in [5, 5.41) is 8.67. The lowest BCUT2D eigenvalue weighted by molar-refractivity contribution is -0.138. The van der Waals surface area contributed by atoms with Crippen molar-refractivity contribution in [3.8, 4) is 0 Å². The van der Waals surface area contributed by atoms with Crippen LogP contribution in [-0.2, 0) is 6.18 Å². The van der Waals surface area contributed by atoms with Gasteiger partial charge in [-0.05, 0) is 24.1 Å². The normalized spacial score (nSPS) is 13.1. The van der Waals surface area contributed by atoms with E-state index >= 15 is 0 Å². The van der Waals surface area contributed by atoms with E-state index in [1.165, 1.54) is 12.1 Å². The van der Waals surface area contributed by atoms with E-state index in [0.29, 0.717) is 0 Å². The summed E-state index contributed by atoms with van der Waals surface area (Å²) in [6.45, 7) is -0.263. The first kappa shape index (κ1) is 16.5. The molecular formula is C10H12Cl2F3NO. The number of rotatable bonds is 3. The van der Waals surface area contributed by atoms with Gasteiger partial charge in [0.15, 0.2) is 0 Å². The predicted molar refractivity (Wildman–Crippen MR) is 62.3 cm³/mol. The van der Waals surface area contributed by atoms with Crippen LogP contribution in [0.4, 0.5) is 13.2 Å². The van der Waals surface area contributed by atoms with Gasteiger partial charge in [-0.1, -0.05) is 17.7 Å². The van der Waals surface area contributed by atoms with Gasteiger partial charge in [0.05, 0.1) is 5.56 Å². The lowest BCUT2D eigenvalue weighted by Gasteiger charge is -2.17. The maximum absolute atomic E-state index is 12.7. The monoisotopic (exact) mass is 289 g/mol. The third kappa shape index (κ3) is 4.35. The predicted octanol–water partition coefficient (Wildman–Crippen LogP) is 3.16. The quantitative estimate of drug-likeness (QED) is 0.898. The van der Waals surface area contributed by atoms with E-state index in [9.17, 15) is 13.2 Å². The van der Waals surface area contributed by atoms with Gasteiger partial charge in [0, 0.05) is 17.7 Å². The molecule has 17 heavy (non-hydrogen) atoms. The Balaban J connectivity index is 0.00000256. The fourth-order valence-corrected chi connectivity index (χ4v) is 1.56. The molecule has 2 nitrogen and oxygen atoms in total. The van der Waals surface area contributed by atoms with E-state index in [0.717, 1.165) is 6.07 Å². The Morgan fingerprint density at radius 1 is 1.35 bits per heavy atom. The van der Waals surface area contributed by atoms with E-state index in [1.807, 2.05) is 0 Å². The van der Waals surface area contributed by atoms with Gasteiger partial charge >= 0.3 is 6.18 Å². The summed E-state index contributed by atoms with van der Waals surface area (Å²) in [6, 6.07) is 2.59. The molecule has 1 rings (SSSR count). The number of aliphatic hydroxyl groups excluding tert-OH is 1. The van der Waals surface area contributed by atoms with Crippen LogP contribution in [0.25, 0.3) is 0 Å². The second-order valence-corrected chi connectivity index (χ2v) is 3.78. The fourth-order valence-electron chi connectivity index (χ4n) is 1.39. The second kappa shape index (κ2) is 6.44. The van der Waals surface area contributed by atoms with E-state index in [4.69, 9.17) is 22.4 Å². The third-order valence-corrected chi connectivity index (χ3v) is 2.40. The van der Waals surface area contributed by atoms with Crippen LogP contribution in [0.15, 0.2) is 18.2 Å². The highest BCUT2D eigenvalue weighted by molar-refractivity contribution is 6.30. The molecule has 0 bridgehead atoms. The second-order valence-electron chi connectivity index (χ2n) is 3.35. The Hall–Kier alpha value is -0.490. The molecule has 1 atom stereocenters. The first-order valence-corrected chi connectivity index (χ1v) is 4.97. The average molecular weight is 290 g/mol. The molecule has 0 amide bonds. The van der Waals surface area contributed by atoms with E-state index in [1.54, 1.807) is 0 Å². The van der Waals surface area contributed by atoms with Crippen LogP contribution in [0.2, 0.25) is 5.02 Å². The molecule has 3 N–H and O–H groups in total. The van der Waals surface area contributed by atoms with Crippen LogP contribution in [0.3, 0.4) is 0 Å². The largest absolute Gasteiger partial charge is 0.416 e. The zero-order valence-electron chi connectivity index (χ0n) is 8.67. The molecule has 0 aromatic heterocycles. The number of benzene rings is 1. The highest BCUT2D eigenvalue weighted by Gasteiger charge is 2.34. The summed E-state index contributed by atoms with van der Waals surface area (Å²) in [5.41, 5.74) is 4.65. The van der Waals surface area contributed by atoms with Gasteiger partial charge in [-0.2, -0.15) is 13.2 Å². The van der Waals surface area contributed by atoms with Crippen LogP contribution < -0.4 is 5.73 Å². The van der Waals surface area contributed by atoms with Crippen LogP contribution in [0, 0.1) is 0 Å². The summed E-state index contributed by atoms with van der Waals surface area (Å²) < 4.78 is 38.0. The Labute approximate surface area is 108 Å². The lowest BCUT2D eigenvalue weighted by atomic mass is 9.98. The molecule has 0 radical (unpaired) electrons. The number of alkyl halides is 3. The highest BCUT2D eigenvalue weighted by atomic mass is 35.5. The molecule has 0 aliphatic carbocycles. The molecule has 0 saturated heterocycles. The first-order chi connectivity index (χ1) is 7.36. The van der Waals surface area contributed by atoms with Crippen molar-refractivity contribution in [2.75, 3.05) is 6.61 Å². The lowest BCUT2D eigenvalue weighted by Crippen LogP contribution is -2.18. The van der Waals surface area contributed by atoms with Crippen molar-refractivity contribution in [3.05, 3.63) is 34.3 Å².